The summed E-state index contributed by atoms with van der Waals surface area (Å²) in [5, 5.41) is 10.1. The van der Waals surface area contributed by atoms with Gasteiger partial charge in [-0.3, -0.25) is 4.90 Å². The van der Waals surface area contributed by atoms with Crippen molar-refractivity contribution in [2.24, 2.45) is 0 Å². The number of nitrogens with zero attached hydrogens (tertiary/aromatic N) is 2. The van der Waals surface area contributed by atoms with Gasteiger partial charge in [-0.05, 0) is 25.1 Å². The Labute approximate surface area is 122 Å². The van der Waals surface area contributed by atoms with Crippen LogP contribution in [0.5, 0.6) is 5.75 Å². The van der Waals surface area contributed by atoms with Crippen LogP contribution >= 0.6 is 0 Å². The van der Waals surface area contributed by atoms with Gasteiger partial charge in [0.25, 0.3) is 0 Å². The van der Waals surface area contributed by atoms with E-state index >= 15 is 0 Å². The summed E-state index contributed by atoms with van der Waals surface area (Å²) in [7, 11) is 0. The number of benzene rings is 1. The Morgan fingerprint density at radius 3 is 2.45 bits per heavy atom. The molecule has 2 rings (SSSR count). The summed E-state index contributed by atoms with van der Waals surface area (Å²) in [6, 6.07) is 7.91. The number of aryl methyl sites for hydroxylation is 1. The fraction of sp³-hybridized carbons (Fsp3) is 0.625. The molecule has 1 aromatic rings. The van der Waals surface area contributed by atoms with Crippen LogP contribution < -0.4 is 4.74 Å². The summed E-state index contributed by atoms with van der Waals surface area (Å²) in [5.41, 5.74) is 1.11. The number of aliphatic hydroxyl groups is 1. The fourth-order valence-corrected chi connectivity index (χ4v) is 2.54. The predicted octanol–water partition coefficient (Wildman–Crippen LogP) is 1.37. The van der Waals surface area contributed by atoms with Gasteiger partial charge in [0.15, 0.2) is 0 Å². The highest BCUT2D eigenvalue weighted by Crippen LogP contribution is 2.16. The predicted molar refractivity (Wildman–Crippen MR) is 81.2 cm³/mol. The van der Waals surface area contributed by atoms with Gasteiger partial charge in [0.1, 0.15) is 18.5 Å². The molecule has 4 nitrogen and oxygen atoms in total. The molecule has 0 aromatic heterocycles. The van der Waals surface area contributed by atoms with Crippen LogP contribution in [0.15, 0.2) is 24.3 Å². The highest BCUT2D eigenvalue weighted by atomic mass is 16.5. The average molecular weight is 278 g/mol. The zero-order chi connectivity index (χ0) is 14.4. The average Bonchev–Trinajstić information content (AvgIpc) is 2.47. The molecule has 1 heterocycles. The van der Waals surface area contributed by atoms with Crippen molar-refractivity contribution in [2.45, 2.75) is 20.0 Å². The number of hydrogen-bond donors (Lipinski definition) is 1. The second-order valence-electron chi connectivity index (χ2n) is 5.47. The molecule has 1 saturated heterocycles. The zero-order valence-electron chi connectivity index (χ0n) is 12.6. The van der Waals surface area contributed by atoms with Crippen LogP contribution in [0, 0.1) is 6.92 Å². The van der Waals surface area contributed by atoms with Gasteiger partial charge in [-0.25, -0.2) is 0 Å². The van der Waals surface area contributed by atoms with Gasteiger partial charge in [0.05, 0.1) is 0 Å². The van der Waals surface area contributed by atoms with Gasteiger partial charge in [0.2, 0.25) is 0 Å². The number of likely N-dealkylation sites (N-methyl/N-ethyl adjacent to an activating group) is 1. The van der Waals surface area contributed by atoms with Crippen molar-refractivity contribution < 1.29 is 9.84 Å². The van der Waals surface area contributed by atoms with Gasteiger partial charge in [-0.15, -0.1) is 0 Å². The van der Waals surface area contributed by atoms with E-state index in [1.165, 1.54) is 0 Å². The molecule has 0 aliphatic carbocycles. The van der Waals surface area contributed by atoms with Crippen molar-refractivity contribution in [1.82, 2.24) is 9.80 Å². The second kappa shape index (κ2) is 7.62. The smallest absolute Gasteiger partial charge is 0.122 e. The molecule has 1 unspecified atom stereocenters. The molecule has 0 saturated carbocycles. The summed E-state index contributed by atoms with van der Waals surface area (Å²) >= 11 is 0. The topological polar surface area (TPSA) is 35.9 Å². The van der Waals surface area contributed by atoms with Crippen LogP contribution in [0.2, 0.25) is 0 Å². The third kappa shape index (κ3) is 4.47. The van der Waals surface area contributed by atoms with E-state index in [2.05, 4.69) is 16.7 Å². The molecule has 4 heteroatoms. The molecule has 1 N–H and O–H groups in total. The first-order valence-electron chi connectivity index (χ1n) is 7.50. The Hall–Kier alpha value is -1.10. The third-order valence-corrected chi connectivity index (χ3v) is 3.91. The first-order valence-corrected chi connectivity index (χ1v) is 7.50. The van der Waals surface area contributed by atoms with E-state index in [4.69, 9.17) is 4.74 Å². The molecule has 0 spiro atoms. The van der Waals surface area contributed by atoms with E-state index in [0.717, 1.165) is 44.0 Å². The Morgan fingerprint density at radius 2 is 1.80 bits per heavy atom. The molecule has 1 aromatic carbocycles. The Bertz CT molecular complexity index is 403. The summed E-state index contributed by atoms with van der Waals surface area (Å²) in [6.45, 7) is 10.7. The summed E-state index contributed by atoms with van der Waals surface area (Å²) < 4.78 is 5.70. The SMILES string of the molecule is CCN1CCN(CC(O)COc2ccccc2C)CC1. The van der Waals surface area contributed by atoms with Crippen molar-refractivity contribution in [2.75, 3.05) is 45.9 Å². The minimum atomic E-state index is -0.428. The van der Waals surface area contributed by atoms with E-state index < -0.39 is 6.10 Å². The number of aliphatic hydroxyl groups excluding tert-OH is 1. The molecule has 1 aliphatic rings. The molecule has 20 heavy (non-hydrogen) atoms. The molecular formula is C16H26N2O2. The molecule has 1 aliphatic heterocycles. The van der Waals surface area contributed by atoms with Gasteiger partial charge in [-0.2, -0.15) is 0 Å². The maximum Gasteiger partial charge on any atom is 0.122 e. The van der Waals surface area contributed by atoms with Gasteiger partial charge in [0, 0.05) is 32.7 Å². The fourth-order valence-electron chi connectivity index (χ4n) is 2.54. The van der Waals surface area contributed by atoms with E-state index in [9.17, 15) is 5.11 Å². The van der Waals surface area contributed by atoms with Gasteiger partial charge < -0.3 is 14.7 Å². The van der Waals surface area contributed by atoms with Crippen molar-refractivity contribution in [1.29, 1.82) is 0 Å². The van der Waals surface area contributed by atoms with E-state index in [-0.39, 0.29) is 0 Å². The van der Waals surface area contributed by atoms with Gasteiger partial charge >= 0.3 is 0 Å². The standard InChI is InChI=1S/C16H26N2O2/c1-3-17-8-10-18(11-9-17)12-15(19)13-20-16-7-5-4-6-14(16)2/h4-7,15,19H,3,8-13H2,1-2H3. The Kier molecular flexibility index (Phi) is 5.83. The van der Waals surface area contributed by atoms with Crippen LogP contribution in [-0.2, 0) is 0 Å². The molecule has 1 atom stereocenters. The van der Waals surface area contributed by atoms with Crippen molar-refractivity contribution in [3.05, 3.63) is 29.8 Å². The number of hydrogen-bond acceptors (Lipinski definition) is 4. The lowest BCUT2D eigenvalue weighted by molar-refractivity contribution is 0.0469. The van der Waals surface area contributed by atoms with Crippen molar-refractivity contribution >= 4 is 0 Å². The van der Waals surface area contributed by atoms with Crippen LogP contribution in [0.25, 0.3) is 0 Å². The maximum atomic E-state index is 10.1. The minimum absolute atomic E-state index is 0.360. The first-order chi connectivity index (χ1) is 9.69. The second-order valence-corrected chi connectivity index (χ2v) is 5.47. The monoisotopic (exact) mass is 278 g/mol. The molecular weight excluding hydrogens is 252 g/mol. The lowest BCUT2D eigenvalue weighted by Gasteiger charge is -2.34. The van der Waals surface area contributed by atoms with Crippen LogP contribution in [0.4, 0.5) is 0 Å². The van der Waals surface area contributed by atoms with Crippen LogP contribution in [-0.4, -0.2) is 66.9 Å². The molecule has 0 radical (unpaired) electrons. The number of para-hydroxylation sites is 1. The number of ether oxygens (including phenoxy) is 1. The summed E-state index contributed by atoms with van der Waals surface area (Å²) in [6.07, 6.45) is -0.428. The summed E-state index contributed by atoms with van der Waals surface area (Å²) in [4.78, 5) is 4.75. The lowest BCUT2D eigenvalue weighted by Crippen LogP contribution is -2.49. The minimum Gasteiger partial charge on any atom is -0.491 e. The highest BCUT2D eigenvalue weighted by molar-refractivity contribution is 5.31. The van der Waals surface area contributed by atoms with Crippen LogP contribution in [0.1, 0.15) is 12.5 Å². The van der Waals surface area contributed by atoms with E-state index in [1.807, 2.05) is 31.2 Å². The van der Waals surface area contributed by atoms with E-state index in [1.54, 1.807) is 0 Å². The molecule has 0 amide bonds. The van der Waals surface area contributed by atoms with Gasteiger partial charge in [-0.1, -0.05) is 25.1 Å². The normalized spacial score (nSPS) is 18.9. The van der Waals surface area contributed by atoms with Crippen molar-refractivity contribution in [3.63, 3.8) is 0 Å². The number of rotatable bonds is 6. The van der Waals surface area contributed by atoms with Crippen LogP contribution in [0.3, 0.4) is 0 Å². The largest absolute Gasteiger partial charge is 0.491 e. The zero-order valence-corrected chi connectivity index (χ0v) is 12.6. The quantitative estimate of drug-likeness (QED) is 0.852. The summed E-state index contributed by atoms with van der Waals surface area (Å²) in [5.74, 6) is 0.863. The number of β-amino-alcohol motifs (C(OH)–C–C–N with tert-alkyl or cyclic N) is 1. The lowest BCUT2D eigenvalue weighted by atomic mass is 10.2. The molecule has 0 bridgehead atoms. The first kappa shape index (κ1) is 15.3. The molecule has 1 fully saturated rings. The third-order valence-electron chi connectivity index (χ3n) is 3.91. The maximum absolute atomic E-state index is 10.1. The Morgan fingerprint density at radius 1 is 1.15 bits per heavy atom. The van der Waals surface area contributed by atoms with Crippen molar-refractivity contribution in [3.8, 4) is 5.75 Å². The Balaban J connectivity index is 1.71. The van der Waals surface area contributed by atoms with E-state index in [0.29, 0.717) is 13.2 Å². The highest BCUT2D eigenvalue weighted by Gasteiger charge is 2.18. The molecule has 112 valence electrons. The number of piperazine rings is 1.